The zero-order valence-electron chi connectivity index (χ0n) is 11.6. The van der Waals surface area contributed by atoms with Crippen LogP contribution in [0.3, 0.4) is 0 Å². The first-order valence-corrected chi connectivity index (χ1v) is 7.73. The third-order valence-electron chi connectivity index (χ3n) is 3.07. The Bertz CT molecular complexity index is 505. The van der Waals surface area contributed by atoms with Crippen molar-refractivity contribution in [1.29, 1.82) is 0 Å². The van der Waals surface area contributed by atoms with E-state index in [-0.39, 0.29) is 22.0 Å². The van der Waals surface area contributed by atoms with Gasteiger partial charge in [-0.2, -0.15) is 13.2 Å². The minimum atomic E-state index is -4.59. The summed E-state index contributed by atoms with van der Waals surface area (Å²) in [6.45, 7) is 3.76. The molecule has 0 saturated heterocycles. The van der Waals surface area contributed by atoms with Crippen LogP contribution in [0.1, 0.15) is 36.2 Å². The Labute approximate surface area is 135 Å². The van der Waals surface area contributed by atoms with Crippen molar-refractivity contribution in [2.24, 2.45) is 5.92 Å². The molecule has 1 aromatic rings. The smallest absolute Gasteiger partial charge is 0.349 e. The van der Waals surface area contributed by atoms with Crippen LogP contribution >= 0.6 is 27.5 Å². The van der Waals surface area contributed by atoms with Gasteiger partial charge < -0.3 is 5.32 Å². The molecule has 1 rings (SSSR count). The molecule has 0 saturated carbocycles. The Hall–Kier alpha value is -0.750. The molecular weight excluding hydrogens is 371 g/mol. The van der Waals surface area contributed by atoms with E-state index in [9.17, 15) is 18.0 Å². The molecule has 0 spiro atoms. The van der Waals surface area contributed by atoms with Gasteiger partial charge in [0.2, 0.25) is 0 Å². The van der Waals surface area contributed by atoms with E-state index in [0.717, 1.165) is 6.07 Å². The van der Waals surface area contributed by atoms with Gasteiger partial charge in [-0.25, -0.2) is 0 Å². The van der Waals surface area contributed by atoms with Crippen molar-refractivity contribution in [3.8, 4) is 0 Å². The van der Waals surface area contributed by atoms with Gasteiger partial charge in [0.1, 0.15) is 0 Å². The van der Waals surface area contributed by atoms with E-state index < -0.39 is 17.6 Å². The van der Waals surface area contributed by atoms with Gasteiger partial charge in [-0.05, 0) is 30.5 Å². The molecule has 0 aliphatic rings. The molecule has 0 aliphatic carbocycles. The van der Waals surface area contributed by atoms with Crippen molar-refractivity contribution < 1.29 is 18.0 Å². The van der Waals surface area contributed by atoms with Gasteiger partial charge in [0.25, 0.3) is 5.91 Å². The SMILES string of the molecule is CC(C)C(CCCl)NC(=O)c1ccc(Br)cc1C(F)(F)F. The Morgan fingerprint density at radius 3 is 2.48 bits per heavy atom. The molecule has 1 amide bonds. The van der Waals surface area contributed by atoms with E-state index in [0.29, 0.717) is 12.3 Å². The molecule has 0 fully saturated rings. The summed E-state index contributed by atoms with van der Waals surface area (Å²) in [6.07, 6.45) is -4.08. The van der Waals surface area contributed by atoms with Gasteiger partial charge in [0.05, 0.1) is 11.1 Å². The fraction of sp³-hybridized carbons (Fsp3) is 0.500. The maximum atomic E-state index is 13.0. The monoisotopic (exact) mass is 385 g/mol. The number of carbonyl (C=O) groups excluding carboxylic acids is 1. The number of alkyl halides is 4. The highest BCUT2D eigenvalue weighted by atomic mass is 79.9. The highest BCUT2D eigenvalue weighted by Gasteiger charge is 2.35. The zero-order chi connectivity index (χ0) is 16.2. The molecule has 1 N–H and O–H groups in total. The summed E-state index contributed by atoms with van der Waals surface area (Å²) in [5, 5.41) is 2.63. The summed E-state index contributed by atoms with van der Waals surface area (Å²) in [7, 11) is 0. The third-order valence-corrected chi connectivity index (χ3v) is 3.78. The predicted octanol–water partition coefficient (Wildman–Crippen LogP) is 4.85. The van der Waals surface area contributed by atoms with E-state index in [1.165, 1.54) is 12.1 Å². The number of hydrogen-bond acceptors (Lipinski definition) is 1. The number of carbonyl (C=O) groups is 1. The van der Waals surface area contributed by atoms with Gasteiger partial charge in [0, 0.05) is 16.4 Å². The minimum absolute atomic E-state index is 0.0810. The molecule has 0 bridgehead atoms. The quantitative estimate of drug-likeness (QED) is 0.720. The van der Waals surface area contributed by atoms with Crippen LogP contribution in [-0.2, 0) is 6.18 Å². The Morgan fingerprint density at radius 1 is 1.38 bits per heavy atom. The zero-order valence-corrected chi connectivity index (χ0v) is 13.9. The fourth-order valence-electron chi connectivity index (χ4n) is 1.88. The highest BCUT2D eigenvalue weighted by molar-refractivity contribution is 9.10. The van der Waals surface area contributed by atoms with Gasteiger partial charge in [-0.15, -0.1) is 11.6 Å². The van der Waals surface area contributed by atoms with Crippen molar-refractivity contribution in [3.63, 3.8) is 0 Å². The van der Waals surface area contributed by atoms with Crippen LogP contribution in [0.25, 0.3) is 0 Å². The first-order valence-electron chi connectivity index (χ1n) is 6.40. The normalized spacial score (nSPS) is 13.3. The molecule has 0 heterocycles. The van der Waals surface area contributed by atoms with Crippen LogP contribution < -0.4 is 5.32 Å². The van der Waals surface area contributed by atoms with E-state index >= 15 is 0 Å². The van der Waals surface area contributed by atoms with E-state index in [2.05, 4.69) is 21.2 Å². The molecule has 0 radical (unpaired) electrons. The molecule has 2 nitrogen and oxygen atoms in total. The molecule has 1 unspecified atom stereocenters. The predicted molar refractivity (Wildman–Crippen MR) is 80.6 cm³/mol. The lowest BCUT2D eigenvalue weighted by Crippen LogP contribution is -2.39. The topological polar surface area (TPSA) is 29.1 Å². The first kappa shape index (κ1) is 18.3. The number of nitrogens with one attached hydrogen (secondary N) is 1. The maximum Gasteiger partial charge on any atom is 0.417 e. The second-order valence-corrected chi connectivity index (χ2v) is 6.28. The van der Waals surface area contributed by atoms with E-state index in [4.69, 9.17) is 11.6 Å². The summed E-state index contributed by atoms with van der Waals surface area (Å²) in [4.78, 5) is 12.1. The van der Waals surface area contributed by atoms with Crippen LogP contribution in [0.4, 0.5) is 13.2 Å². The van der Waals surface area contributed by atoms with Crippen LogP contribution in [0.15, 0.2) is 22.7 Å². The number of amides is 1. The van der Waals surface area contributed by atoms with Crippen LogP contribution in [-0.4, -0.2) is 17.8 Å². The standard InChI is InChI=1S/C14H16BrClF3NO/c1-8(2)12(5-6-16)20-13(21)10-4-3-9(15)7-11(10)14(17,18)19/h3-4,7-8,12H,5-6H2,1-2H3,(H,20,21). The Kier molecular flexibility index (Phi) is 6.53. The van der Waals surface area contributed by atoms with Crippen LogP contribution in [0.2, 0.25) is 0 Å². The number of hydrogen-bond donors (Lipinski definition) is 1. The van der Waals surface area contributed by atoms with Gasteiger partial charge in [-0.1, -0.05) is 29.8 Å². The lowest BCUT2D eigenvalue weighted by atomic mass is 10.00. The lowest BCUT2D eigenvalue weighted by molar-refractivity contribution is -0.138. The third kappa shape index (κ3) is 5.18. The molecule has 7 heteroatoms. The van der Waals surface area contributed by atoms with Crippen molar-refractivity contribution in [2.75, 3.05) is 5.88 Å². The summed E-state index contributed by atoms with van der Waals surface area (Å²) < 4.78 is 39.3. The number of benzene rings is 1. The average Bonchev–Trinajstić information content (AvgIpc) is 2.36. The Morgan fingerprint density at radius 2 is 2.00 bits per heavy atom. The van der Waals surface area contributed by atoms with Crippen molar-refractivity contribution >= 4 is 33.4 Å². The maximum absolute atomic E-state index is 13.0. The lowest BCUT2D eigenvalue weighted by Gasteiger charge is -2.22. The molecule has 0 aliphatic heterocycles. The average molecular weight is 387 g/mol. The Balaban J connectivity index is 3.07. The molecule has 1 aromatic carbocycles. The molecule has 1 atom stereocenters. The van der Waals surface area contributed by atoms with E-state index in [1.54, 1.807) is 0 Å². The number of rotatable bonds is 5. The van der Waals surface area contributed by atoms with E-state index in [1.807, 2.05) is 13.8 Å². The van der Waals surface area contributed by atoms with Crippen molar-refractivity contribution in [1.82, 2.24) is 5.32 Å². The second-order valence-electron chi connectivity index (χ2n) is 4.99. The first-order chi connectivity index (χ1) is 9.66. The van der Waals surface area contributed by atoms with Gasteiger partial charge >= 0.3 is 6.18 Å². The van der Waals surface area contributed by atoms with Crippen LogP contribution in [0, 0.1) is 5.92 Å². The van der Waals surface area contributed by atoms with Gasteiger partial charge in [0.15, 0.2) is 0 Å². The largest absolute Gasteiger partial charge is 0.417 e. The summed E-state index contributed by atoms with van der Waals surface area (Å²) in [6, 6.07) is 3.22. The van der Waals surface area contributed by atoms with Crippen molar-refractivity contribution in [3.05, 3.63) is 33.8 Å². The number of halogens is 5. The summed E-state index contributed by atoms with van der Waals surface area (Å²) in [5.74, 6) is -0.327. The molecular formula is C14H16BrClF3NO. The summed E-state index contributed by atoms with van der Waals surface area (Å²) >= 11 is 8.64. The molecule has 118 valence electrons. The molecule has 21 heavy (non-hydrogen) atoms. The second kappa shape index (κ2) is 7.49. The van der Waals surface area contributed by atoms with Crippen molar-refractivity contribution in [2.45, 2.75) is 32.5 Å². The highest BCUT2D eigenvalue weighted by Crippen LogP contribution is 2.34. The van der Waals surface area contributed by atoms with Crippen LogP contribution in [0.5, 0.6) is 0 Å². The molecule has 0 aromatic heterocycles. The minimum Gasteiger partial charge on any atom is -0.349 e. The fourth-order valence-corrected chi connectivity index (χ4v) is 2.48. The summed E-state index contributed by atoms with van der Waals surface area (Å²) in [5.41, 5.74) is -1.34. The van der Waals surface area contributed by atoms with Gasteiger partial charge in [-0.3, -0.25) is 4.79 Å².